The molecule has 1 aromatic carbocycles. The molecule has 0 aliphatic heterocycles. The Labute approximate surface area is 145 Å². The first kappa shape index (κ1) is 15.4. The molecular formula is C19H19N5O. The fraction of sp³-hybridized carbons (Fsp3) is 0.211. The maximum absolute atomic E-state index is 5.44. The second kappa shape index (κ2) is 6.39. The van der Waals surface area contributed by atoms with Crippen molar-refractivity contribution in [3.63, 3.8) is 0 Å². The van der Waals surface area contributed by atoms with E-state index in [0.717, 1.165) is 40.3 Å². The van der Waals surface area contributed by atoms with Gasteiger partial charge in [0.05, 0.1) is 19.9 Å². The van der Waals surface area contributed by atoms with Gasteiger partial charge in [0.2, 0.25) is 0 Å². The molecule has 25 heavy (non-hydrogen) atoms. The molecule has 0 atom stereocenters. The summed E-state index contributed by atoms with van der Waals surface area (Å²) in [6, 6.07) is 9.96. The van der Waals surface area contributed by atoms with Gasteiger partial charge in [-0.3, -0.25) is 4.68 Å². The number of para-hydroxylation sites is 1. The average molecular weight is 333 g/mol. The number of hydrogen-bond donors (Lipinski definition) is 0. The summed E-state index contributed by atoms with van der Waals surface area (Å²) in [6.07, 6.45) is 7.71. The van der Waals surface area contributed by atoms with Crippen LogP contribution in [0.3, 0.4) is 0 Å². The number of rotatable bonds is 5. The minimum atomic E-state index is 0.709. The van der Waals surface area contributed by atoms with Crippen molar-refractivity contribution in [1.29, 1.82) is 0 Å². The van der Waals surface area contributed by atoms with Crippen LogP contribution in [-0.4, -0.2) is 31.4 Å². The van der Waals surface area contributed by atoms with Gasteiger partial charge < -0.3 is 9.30 Å². The third-order valence-corrected chi connectivity index (χ3v) is 4.21. The van der Waals surface area contributed by atoms with Gasteiger partial charge in [-0.1, -0.05) is 18.2 Å². The number of benzene rings is 1. The molecule has 0 bridgehead atoms. The normalized spacial score (nSPS) is 11.1. The summed E-state index contributed by atoms with van der Waals surface area (Å²) in [4.78, 5) is 9.29. The molecule has 0 aliphatic rings. The van der Waals surface area contributed by atoms with Crippen LogP contribution < -0.4 is 4.74 Å². The summed E-state index contributed by atoms with van der Waals surface area (Å²) in [6.45, 7) is 3.65. The lowest BCUT2D eigenvalue weighted by Crippen LogP contribution is -2.02. The predicted octanol–water partition coefficient (Wildman–Crippen LogP) is 3.37. The first-order chi connectivity index (χ1) is 12.3. The van der Waals surface area contributed by atoms with Crippen molar-refractivity contribution in [1.82, 2.24) is 24.3 Å². The largest absolute Gasteiger partial charge is 0.494 e. The summed E-state index contributed by atoms with van der Waals surface area (Å²) in [5.74, 6) is 1.60. The smallest absolute Gasteiger partial charge is 0.158 e. The molecule has 0 fully saturated rings. The van der Waals surface area contributed by atoms with Crippen molar-refractivity contribution in [2.75, 3.05) is 7.11 Å². The van der Waals surface area contributed by atoms with Crippen molar-refractivity contribution in [2.45, 2.75) is 20.0 Å². The molecule has 6 heteroatoms. The van der Waals surface area contributed by atoms with Crippen molar-refractivity contribution >= 4 is 10.9 Å². The highest BCUT2D eigenvalue weighted by atomic mass is 16.5. The second-order valence-electron chi connectivity index (χ2n) is 5.81. The van der Waals surface area contributed by atoms with Crippen molar-refractivity contribution in [3.8, 4) is 17.3 Å². The molecule has 0 spiro atoms. The molecule has 3 heterocycles. The van der Waals surface area contributed by atoms with Crippen LogP contribution in [0.15, 0.2) is 55.1 Å². The first-order valence-corrected chi connectivity index (χ1v) is 8.25. The van der Waals surface area contributed by atoms with E-state index in [2.05, 4.69) is 27.8 Å². The van der Waals surface area contributed by atoms with E-state index in [1.807, 2.05) is 47.4 Å². The SMILES string of the molecule is CCn1cc(Cn2ccnc2-c2ccc3cccc(OC)c3n2)cn1. The Balaban J connectivity index is 1.73. The van der Waals surface area contributed by atoms with Gasteiger partial charge >= 0.3 is 0 Å². The lowest BCUT2D eigenvalue weighted by molar-refractivity contribution is 0.419. The highest BCUT2D eigenvalue weighted by Gasteiger charge is 2.11. The van der Waals surface area contributed by atoms with E-state index in [9.17, 15) is 0 Å². The molecule has 0 saturated carbocycles. The zero-order valence-corrected chi connectivity index (χ0v) is 14.3. The number of hydrogen-bond acceptors (Lipinski definition) is 4. The van der Waals surface area contributed by atoms with Gasteiger partial charge in [0.1, 0.15) is 17.0 Å². The summed E-state index contributed by atoms with van der Waals surface area (Å²) in [5.41, 5.74) is 2.81. The Morgan fingerprint density at radius 2 is 2.08 bits per heavy atom. The number of methoxy groups -OCH3 is 1. The Bertz CT molecular complexity index is 1020. The number of fused-ring (bicyclic) bond motifs is 1. The molecule has 0 N–H and O–H groups in total. The van der Waals surface area contributed by atoms with Crippen molar-refractivity contribution in [3.05, 3.63) is 60.7 Å². The van der Waals surface area contributed by atoms with Crippen LogP contribution in [0, 0.1) is 0 Å². The molecule has 4 aromatic rings. The van der Waals surface area contributed by atoms with E-state index in [1.165, 1.54) is 0 Å². The van der Waals surface area contributed by atoms with Gasteiger partial charge in [-0.25, -0.2) is 9.97 Å². The lowest BCUT2D eigenvalue weighted by atomic mass is 10.2. The fourth-order valence-corrected chi connectivity index (χ4v) is 2.94. The summed E-state index contributed by atoms with van der Waals surface area (Å²) in [5, 5.41) is 5.38. The Morgan fingerprint density at radius 3 is 2.88 bits per heavy atom. The number of nitrogens with zero attached hydrogens (tertiary/aromatic N) is 5. The monoisotopic (exact) mass is 333 g/mol. The zero-order valence-electron chi connectivity index (χ0n) is 14.3. The van der Waals surface area contributed by atoms with Crippen molar-refractivity contribution in [2.24, 2.45) is 0 Å². The molecule has 0 unspecified atom stereocenters. The average Bonchev–Trinajstić information content (AvgIpc) is 3.30. The molecule has 0 saturated heterocycles. The minimum Gasteiger partial charge on any atom is -0.494 e. The van der Waals surface area contributed by atoms with Gasteiger partial charge in [0.25, 0.3) is 0 Å². The molecule has 4 rings (SSSR count). The van der Waals surface area contributed by atoms with E-state index in [-0.39, 0.29) is 0 Å². The summed E-state index contributed by atoms with van der Waals surface area (Å²) < 4.78 is 9.45. The van der Waals surface area contributed by atoms with Gasteiger partial charge in [0, 0.05) is 36.1 Å². The number of imidazole rings is 1. The van der Waals surface area contributed by atoms with Crippen LogP contribution in [0.2, 0.25) is 0 Å². The Hall–Kier alpha value is -3.15. The van der Waals surface area contributed by atoms with E-state index in [0.29, 0.717) is 6.54 Å². The quantitative estimate of drug-likeness (QED) is 0.562. The first-order valence-electron chi connectivity index (χ1n) is 8.25. The molecule has 0 amide bonds. The van der Waals surface area contributed by atoms with Crippen LogP contribution in [0.25, 0.3) is 22.4 Å². The molecule has 0 radical (unpaired) electrons. The second-order valence-corrected chi connectivity index (χ2v) is 5.81. The molecule has 6 nitrogen and oxygen atoms in total. The van der Waals surface area contributed by atoms with E-state index >= 15 is 0 Å². The fourth-order valence-electron chi connectivity index (χ4n) is 2.94. The Kier molecular flexibility index (Phi) is 3.93. The van der Waals surface area contributed by atoms with E-state index in [1.54, 1.807) is 13.3 Å². The van der Waals surface area contributed by atoms with Gasteiger partial charge in [-0.2, -0.15) is 5.10 Å². The molecular weight excluding hydrogens is 314 g/mol. The van der Waals surface area contributed by atoms with Gasteiger partial charge in [-0.15, -0.1) is 0 Å². The summed E-state index contributed by atoms with van der Waals surface area (Å²) in [7, 11) is 1.66. The number of aromatic nitrogens is 5. The standard InChI is InChI=1S/C19H19N5O/c1-3-24-13-14(11-21-24)12-23-10-9-20-19(23)16-8-7-15-5-4-6-17(25-2)18(15)22-16/h4-11,13H,3,12H2,1-2H3. The van der Waals surface area contributed by atoms with Crippen LogP contribution >= 0.6 is 0 Å². The maximum atomic E-state index is 5.44. The van der Waals surface area contributed by atoms with E-state index in [4.69, 9.17) is 9.72 Å². The van der Waals surface area contributed by atoms with Crippen LogP contribution in [0.1, 0.15) is 12.5 Å². The third-order valence-electron chi connectivity index (χ3n) is 4.21. The third kappa shape index (κ3) is 2.87. The number of ether oxygens (including phenoxy) is 1. The Morgan fingerprint density at radius 1 is 1.16 bits per heavy atom. The highest BCUT2D eigenvalue weighted by molar-refractivity contribution is 5.86. The summed E-state index contributed by atoms with van der Waals surface area (Å²) >= 11 is 0. The van der Waals surface area contributed by atoms with Gasteiger partial charge in [0.15, 0.2) is 5.82 Å². The zero-order chi connectivity index (χ0) is 17.2. The van der Waals surface area contributed by atoms with Gasteiger partial charge in [-0.05, 0) is 19.1 Å². The van der Waals surface area contributed by atoms with Crippen LogP contribution in [0.5, 0.6) is 5.75 Å². The predicted molar refractivity (Wildman–Crippen MR) is 96.5 cm³/mol. The topological polar surface area (TPSA) is 57.8 Å². The van der Waals surface area contributed by atoms with E-state index < -0.39 is 0 Å². The molecule has 0 aliphatic carbocycles. The minimum absolute atomic E-state index is 0.709. The number of aryl methyl sites for hydroxylation is 1. The maximum Gasteiger partial charge on any atom is 0.158 e. The van der Waals surface area contributed by atoms with Crippen LogP contribution in [0.4, 0.5) is 0 Å². The molecule has 126 valence electrons. The lowest BCUT2D eigenvalue weighted by Gasteiger charge is -2.09. The highest BCUT2D eigenvalue weighted by Crippen LogP contribution is 2.26. The van der Waals surface area contributed by atoms with Crippen molar-refractivity contribution < 1.29 is 4.74 Å². The molecule has 3 aromatic heterocycles. The van der Waals surface area contributed by atoms with Crippen LogP contribution in [-0.2, 0) is 13.1 Å². The number of pyridine rings is 1.